The smallest absolute Gasteiger partial charge is 0.161 e. The third-order valence-corrected chi connectivity index (χ3v) is 4.86. The molecule has 3 rings (SSSR count). The molecule has 0 aliphatic carbocycles. The van der Waals surface area contributed by atoms with Crippen LogP contribution >= 0.6 is 0 Å². The molecular weight excluding hydrogens is 304 g/mol. The van der Waals surface area contributed by atoms with E-state index >= 15 is 0 Å². The van der Waals surface area contributed by atoms with Crippen LogP contribution in [0.5, 0.6) is 11.5 Å². The molecule has 1 fully saturated rings. The second-order valence-corrected chi connectivity index (χ2v) is 6.48. The number of hydrogen-bond acceptors (Lipinski definition) is 5. The van der Waals surface area contributed by atoms with Gasteiger partial charge in [0.1, 0.15) is 0 Å². The molecule has 2 aromatic rings. The Labute approximate surface area is 143 Å². The zero-order chi connectivity index (χ0) is 16.9. The lowest BCUT2D eigenvalue weighted by molar-refractivity contribution is 0.164. The Balaban J connectivity index is 1.58. The van der Waals surface area contributed by atoms with Crippen LogP contribution in [0.15, 0.2) is 24.5 Å². The van der Waals surface area contributed by atoms with Crippen LogP contribution in [-0.2, 0) is 13.1 Å². The number of hydrogen-bond donors (Lipinski definition) is 0. The zero-order valence-electron chi connectivity index (χ0n) is 14.7. The summed E-state index contributed by atoms with van der Waals surface area (Å²) < 4.78 is 12.8. The molecule has 1 aliphatic rings. The molecule has 0 radical (unpaired) electrons. The van der Waals surface area contributed by atoms with Crippen molar-refractivity contribution in [2.75, 3.05) is 27.3 Å². The van der Waals surface area contributed by atoms with Gasteiger partial charge in [-0.1, -0.05) is 5.21 Å². The third-order valence-electron chi connectivity index (χ3n) is 4.86. The highest BCUT2D eigenvalue weighted by molar-refractivity contribution is 5.47. The molecule has 6 heteroatoms. The summed E-state index contributed by atoms with van der Waals surface area (Å²) in [6.45, 7) is 6.31. The van der Waals surface area contributed by atoms with Crippen molar-refractivity contribution >= 4 is 0 Å². The molecule has 0 atom stereocenters. The predicted octanol–water partition coefficient (Wildman–Crippen LogP) is 2.52. The molecule has 1 aromatic heterocycles. The highest BCUT2D eigenvalue weighted by Crippen LogP contribution is 2.31. The second kappa shape index (κ2) is 7.66. The average Bonchev–Trinajstić information content (AvgIpc) is 3.11. The topological polar surface area (TPSA) is 52.4 Å². The van der Waals surface area contributed by atoms with E-state index in [2.05, 4.69) is 34.3 Å². The molecule has 2 heterocycles. The summed E-state index contributed by atoms with van der Waals surface area (Å²) in [6.07, 6.45) is 6.09. The van der Waals surface area contributed by atoms with Crippen molar-refractivity contribution in [3.63, 3.8) is 0 Å². The maximum atomic E-state index is 5.44. The van der Waals surface area contributed by atoms with Crippen LogP contribution in [0.3, 0.4) is 0 Å². The molecule has 0 bridgehead atoms. The van der Waals surface area contributed by atoms with Gasteiger partial charge in [-0.25, -0.2) is 0 Å². The molecule has 0 N–H and O–H groups in total. The van der Waals surface area contributed by atoms with Crippen LogP contribution in [-0.4, -0.2) is 47.2 Å². The van der Waals surface area contributed by atoms with Crippen molar-refractivity contribution in [2.24, 2.45) is 5.92 Å². The number of piperidine rings is 1. The molecule has 0 unspecified atom stereocenters. The minimum absolute atomic E-state index is 0.689. The highest BCUT2D eigenvalue weighted by Gasteiger charge is 2.21. The summed E-state index contributed by atoms with van der Waals surface area (Å²) in [6, 6.07) is 4.17. The van der Waals surface area contributed by atoms with Crippen LogP contribution in [0.25, 0.3) is 0 Å². The van der Waals surface area contributed by atoms with Gasteiger partial charge in [0.2, 0.25) is 0 Å². The van der Waals surface area contributed by atoms with E-state index in [1.165, 1.54) is 24.0 Å². The van der Waals surface area contributed by atoms with Crippen molar-refractivity contribution in [2.45, 2.75) is 32.9 Å². The first-order chi connectivity index (χ1) is 11.7. The average molecular weight is 330 g/mol. The lowest BCUT2D eigenvalue weighted by Gasteiger charge is -2.32. The molecule has 24 heavy (non-hydrogen) atoms. The Morgan fingerprint density at radius 1 is 1.12 bits per heavy atom. The van der Waals surface area contributed by atoms with Gasteiger partial charge in [0.15, 0.2) is 11.5 Å². The first-order valence-corrected chi connectivity index (χ1v) is 8.47. The van der Waals surface area contributed by atoms with Crippen LogP contribution in [0, 0.1) is 12.8 Å². The molecule has 1 saturated heterocycles. The Hall–Kier alpha value is -2.08. The molecule has 0 amide bonds. The van der Waals surface area contributed by atoms with E-state index < -0.39 is 0 Å². The van der Waals surface area contributed by atoms with Gasteiger partial charge in [-0.15, -0.1) is 5.10 Å². The Morgan fingerprint density at radius 3 is 2.46 bits per heavy atom. The monoisotopic (exact) mass is 330 g/mol. The van der Waals surface area contributed by atoms with Crippen LogP contribution in [0.4, 0.5) is 0 Å². The number of benzene rings is 1. The molecule has 6 nitrogen and oxygen atoms in total. The largest absolute Gasteiger partial charge is 0.493 e. The standard InChI is InChI=1S/C18H26N4O2/c1-14-10-17(23-2)18(24-3)11-16(14)13-21-7-4-15(5-8-21)12-22-9-6-19-20-22/h6,9-11,15H,4-5,7-8,12-13H2,1-3H3. The molecule has 0 spiro atoms. The Morgan fingerprint density at radius 2 is 1.83 bits per heavy atom. The molecule has 1 aromatic carbocycles. The normalized spacial score (nSPS) is 16.3. The zero-order valence-corrected chi connectivity index (χ0v) is 14.7. The first-order valence-electron chi connectivity index (χ1n) is 8.47. The predicted molar refractivity (Wildman–Crippen MR) is 92.3 cm³/mol. The number of aryl methyl sites for hydroxylation is 1. The molecule has 1 aliphatic heterocycles. The minimum atomic E-state index is 0.689. The van der Waals surface area contributed by atoms with Crippen molar-refractivity contribution in [3.05, 3.63) is 35.7 Å². The van der Waals surface area contributed by atoms with Crippen LogP contribution in [0.2, 0.25) is 0 Å². The van der Waals surface area contributed by atoms with Gasteiger partial charge in [0.25, 0.3) is 0 Å². The molecule has 0 saturated carbocycles. The van der Waals surface area contributed by atoms with E-state index in [9.17, 15) is 0 Å². The van der Waals surface area contributed by atoms with Gasteiger partial charge in [-0.05, 0) is 62.0 Å². The van der Waals surface area contributed by atoms with Crippen molar-refractivity contribution in [1.82, 2.24) is 19.9 Å². The number of ether oxygens (including phenoxy) is 2. The number of aromatic nitrogens is 3. The van der Waals surface area contributed by atoms with Crippen molar-refractivity contribution in [1.29, 1.82) is 0 Å². The molecular formula is C18H26N4O2. The van der Waals surface area contributed by atoms with Gasteiger partial charge in [-0.3, -0.25) is 9.58 Å². The summed E-state index contributed by atoms with van der Waals surface area (Å²) in [5.41, 5.74) is 2.56. The number of rotatable bonds is 6. The fourth-order valence-electron chi connectivity index (χ4n) is 3.36. The third kappa shape index (κ3) is 3.87. The highest BCUT2D eigenvalue weighted by atomic mass is 16.5. The van der Waals surface area contributed by atoms with Crippen molar-refractivity contribution in [3.8, 4) is 11.5 Å². The Kier molecular flexibility index (Phi) is 5.35. The summed E-state index contributed by atoms with van der Waals surface area (Å²) in [4.78, 5) is 2.52. The van der Waals surface area contributed by atoms with Gasteiger partial charge in [-0.2, -0.15) is 0 Å². The number of methoxy groups -OCH3 is 2. The van der Waals surface area contributed by atoms with E-state index in [0.29, 0.717) is 5.92 Å². The van der Waals surface area contributed by atoms with Crippen LogP contribution < -0.4 is 9.47 Å². The molecule has 130 valence electrons. The summed E-state index contributed by atoms with van der Waals surface area (Å²) in [5.74, 6) is 2.29. The summed E-state index contributed by atoms with van der Waals surface area (Å²) in [7, 11) is 3.36. The fourth-order valence-corrected chi connectivity index (χ4v) is 3.36. The van der Waals surface area contributed by atoms with E-state index in [1.54, 1.807) is 20.4 Å². The SMILES string of the molecule is COc1cc(C)c(CN2CCC(Cn3ccnn3)CC2)cc1OC. The minimum Gasteiger partial charge on any atom is -0.493 e. The van der Waals surface area contributed by atoms with Gasteiger partial charge >= 0.3 is 0 Å². The summed E-state index contributed by atoms with van der Waals surface area (Å²) in [5, 5.41) is 7.95. The lowest BCUT2D eigenvalue weighted by Crippen LogP contribution is -2.34. The van der Waals surface area contributed by atoms with Crippen molar-refractivity contribution < 1.29 is 9.47 Å². The fraction of sp³-hybridized carbons (Fsp3) is 0.556. The van der Waals surface area contributed by atoms with E-state index in [-0.39, 0.29) is 0 Å². The Bertz CT molecular complexity index is 649. The lowest BCUT2D eigenvalue weighted by atomic mass is 9.96. The van der Waals surface area contributed by atoms with Gasteiger partial charge in [0, 0.05) is 19.3 Å². The van der Waals surface area contributed by atoms with E-state index in [1.807, 2.05) is 10.9 Å². The second-order valence-electron chi connectivity index (χ2n) is 6.48. The first kappa shape index (κ1) is 16.8. The van der Waals surface area contributed by atoms with E-state index in [4.69, 9.17) is 9.47 Å². The van der Waals surface area contributed by atoms with Gasteiger partial charge < -0.3 is 9.47 Å². The van der Waals surface area contributed by atoms with E-state index in [0.717, 1.165) is 37.7 Å². The number of nitrogens with zero attached hydrogens (tertiary/aromatic N) is 4. The maximum absolute atomic E-state index is 5.44. The maximum Gasteiger partial charge on any atom is 0.161 e. The number of likely N-dealkylation sites (tertiary alicyclic amines) is 1. The summed E-state index contributed by atoms with van der Waals surface area (Å²) >= 11 is 0. The van der Waals surface area contributed by atoms with Gasteiger partial charge in [0.05, 0.1) is 20.4 Å². The van der Waals surface area contributed by atoms with Crippen LogP contribution in [0.1, 0.15) is 24.0 Å². The quantitative estimate of drug-likeness (QED) is 0.814.